The fraction of sp³-hybridized carbons (Fsp3) is 0.471. The number of amides is 1. The summed E-state index contributed by atoms with van der Waals surface area (Å²) < 4.78 is 7.36. The summed E-state index contributed by atoms with van der Waals surface area (Å²) in [5, 5.41) is 7.08. The Hall–Kier alpha value is -2.25. The van der Waals surface area contributed by atoms with Crippen LogP contribution in [0.5, 0.6) is 0 Å². The van der Waals surface area contributed by atoms with Crippen molar-refractivity contribution in [2.45, 2.75) is 19.4 Å². The Kier molecular flexibility index (Phi) is 5.55. The van der Waals surface area contributed by atoms with Gasteiger partial charge in [0, 0.05) is 19.6 Å². The minimum atomic E-state index is -0.107. The number of nitrogens with zero attached hydrogens (tertiary/aromatic N) is 4. The van der Waals surface area contributed by atoms with E-state index in [0.717, 1.165) is 38.3 Å². The molecule has 7 nitrogen and oxygen atoms in total. The van der Waals surface area contributed by atoms with Crippen molar-refractivity contribution in [3.05, 3.63) is 42.5 Å². The number of likely N-dealkylation sites (N-methyl/N-ethyl adjacent to an activating group) is 1. The number of para-hydroxylation sites is 1. The van der Waals surface area contributed by atoms with Gasteiger partial charge in [0.25, 0.3) is 5.91 Å². The van der Waals surface area contributed by atoms with E-state index in [1.54, 1.807) is 17.1 Å². The van der Waals surface area contributed by atoms with Gasteiger partial charge >= 0.3 is 0 Å². The zero-order chi connectivity index (χ0) is 16.8. The molecule has 24 heavy (non-hydrogen) atoms. The lowest BCUT2D eigenvalue weighted by Crippen LogP contribution is -2.43. The van der Waals surface area contributed by atoms with Crippen LogP contribution in [-0.4, -0.2) is 64.5 Å². The van der Waals surface area contributed by atoms with E-state index in [0.29, 0.717) is 12.1 Å². The second-order valence-corrected chi connectivity index (χ2v) is 5.79. The molecule has 3 rings (SSSR count). The highest BCUT2D eigenvalue weighted by Gasteiger charge is 2.19. The topological polar surface area (TPSA) is 72.3 Å². The van der Waals surface area contributed by atoms with Gasteiger partial charge in [0.15, 0.2) is 0 Å². The summed E-state index contributed by atoms with van der Waals surface area (Å²) in [6.45, 7) is 6.48. The number of rotatable bonds is 6. The van der Waals surface area contributed by atoms with Crippen LogP contribution < -0.4 is 5.32 Å². The van der Waals surface area contributed by atoms with Gasteiger partial charge in [0.05, 0.1) is 24.0 Å². The number of hydrogen-bond donors (Lipinski definition) is 1. The van der Waals surface area contributed by atoms with E-state index in [1.807, 2.05) is 18.2 Å². The molecular formula is C17H23N5O2. The first kappa shape index (κ1) is 16.6. The van der Waals surface area contributed by atoms with Crippen molar-refractivity contribution in [2.75, 3.05) is 32.8 Å². The van der Waals surface area contributed by atoms with E-state index in [9.17, 15) is 4.79 Å². The van der Waals surface area contributed by atoms with Crippen LogP contribution in [0.25, 0.3) is 5.69 Å². The monoisotopic (exact) mass is 329 g/mol. The molecule has 1 aromatic heterocycles. The number of benzene rings is 1. The van der Waals surface area contributed by atoms with E-state index in [2.05, 4.69) is 27.2 Å². The molecule has 7 heteroatoms. The smallest absolute Gasteiger partial charge is 0.253 e. The van der Waals surface area contributed by atoms with Crippen LogP contribution in [0.15, 0.2) is 36.9 Å². The predicted octanol–water partition coefficient (Wildman–Crippen LogP) is 1.11. The lowest BCUT2D eigenvalue weighted by Gasteiger charge is -2.32. The van der Waals surface area contributed by atoms with E-state index >= 15 is 0 Å². The minimum Gasteiger partial charge on any atom is -0.375 e. The largest absolute Gasteiger partial charge is 0.375 e. The van der Waals surface area contributed by atoms with Gasteiger partial charge in [0.1, 0.15) is 12.7 Å². The van der Waals surface area contributed by atoms with Crippen LogP contribution in [0.2, 0.25) is 0 Å². The third kappa shape index (κ3) is 3.98. The molecule has 2 aromatic rings. The average molecular weight is 329 g/mol. The summed E-state index contributed by atoms with van der Waals surface area (Å²) in [7, 11) is 0. The van der Waals surface area contributed by atoms with Gasteiger partial charge in [-0.2, -0.15) is 5.10 Å². The highest BCUT2D eigenvalue weighted by molar-refractivity contribution is 5.97. The number of morpholine rings is 1. The molecule has 0 aliphatic carbocycles. The zero-order valence-corrected chi connectivity index (χ0v) is 13.9. The van der Waals surface area contributed by atoms with Gasteiger partial charge in [-0.3, -0.25) is 9.69 Å². The number of carbonyl (C=O) groups is 1. The molecule has 1 aromatic carbocycles. The molecule has 0 spiro atoms. The lowest BCUT2D eigenvalue weighted by molar-refractivity contribution is -0.0296. The third-order valence-electron chi connectivity index (χ3n) is 4.24. The van der Waals surface area contributed by atoms with Crippen LogP contribution in [0.1, 0.15) is 23.7 Å². The quantitative estimate of drug-likeness (QED) is 0.859. The molecule has 0 bridgehead atoms. The van der Waals surface area contributed by atoms with E-state index < -0.39 is 0 Å². The fourth-order valence-corrected chi connectivity index (χ4v) is 2.88. The molecule has 128 valence electrons. The minimum absolute atomic E-state index is 0.107. The predicted molar refractivity (Wildman–Crippen MR) is 90.2 cm³/mol. The van der Waals surface area contributed by atoms with Crippen molar-refractivity contribution in [3.63, 3.8) is 0 Å². The van der Waals surface area contributed by atoms with E-state index in [-0.39, 0.29) is 12.0 Å². The molecule has 1 amide bonds. The Morgan fingerprint density at radius 3 is 3.08 bits per heavy atom. The van der Waals surface area contributed by atoms with Gasteiger partial charge in [-0.1, -0.05) is 19.1 Å². The SMILES string of the molecule is CCN1CCOC(CCNC(=O)c2ccccc2-n2cncn2)C1. The summed E-state index contributed by atoms with van der Waals surface area (Å²) in [6.07, 6.45) is 4.04. The zero-order valence-electron chi connectivity index (χ0n) is 13.9. The van der Waals surface area contributed by atoms with Crippen LogP contribution in [0.4, 0.5) is 0 Å². The number of hydrogen-bond acceptors (Lipinski definition) is 5. The van der Waals surface area contributed by atoms with Crippen molar-refractivity contribution in [1.82, 2.24) is 25.0 Å². The summed E-state index contributed by atoms with van der Waals surface area (Å²) in [4.78, 5) is 18.8. The van der Waals surface area contributed by atoms with Gasteiger partial charge in [-0.25, -0.2) is 9.67 Å². The van der Waals surface area contributed by atoms with Gasteiger partial charge in [-0.15, -0.1) is 0 Å². The second kappa shape index (κ2) is 8.03. The molecular weight excluding hydrogens is 306 g/mol. The van der Waals surface area contributed by atoms with Crippen molar-refractivity contribution in [1.29, 1.82) is 0 Å². The molecule has 2 heterocycles. The highest BCUT2D eigenvalue weighted by atomic mass is 16.5. The van der Waals surface area contributed by atoms with Crippen molar-refractivity contribution >= 4 is 5.91 Å². The van der Waals surface area contributed by atoms with Crippen LogP contribution in [0.3, 0.4) is 0 Å². The number of ether oxygens (including phenoxy) is 1. The summed E-state index contributed by atoms with van der Waals surface area (Å²) in [5.41, 5.74) is 1.31. The Balaban J connectivity index is 1.56. The first-order chi connectivity index (χ1) is 11.8. The maximum atomic E-state index is 12.5. The van der Waals surface area contributed by atoms with Crippen LogP contribution >= 0.6 is 0 Å². The molecule has 1 N–H and O–H groups in total. The molecule has 1 unspecified atom stereocenters. The van der Waals surface area contributed by atoms with E-state index in [1.165, 1.54) is 6.33 Å². The van der Waals surface area contributed by atoms with Crippen molar-refractivity contribution in [2.24, 2.45) is 0 Å². The first-order valence-corrected chi connectivity index (χ1v) is 8.34. The summed E-state index contributed by atoms with van der Waals surface area (Å²) in [6, 6.07) is 7.37. The molecule has 1 aliphatic heterocycles. The number of nitrogens with one attached hydrogen (secondary N) is 1. The molecule has 1 atom stereocenters. The maximum Gasteiger partial charge on any atom is 0.253 e. The Labute approximate surface area is 141 Å². The highest BCUT2D eigenvalue weighted by Crippen LogP contribution is 2.13. The van der Waals surface area contributed by atoms with Crippen molar-refractivity contribution < 1.29 is 9.53 Å². The van der Waals surface area contributed by atoms with E-state index in [4.69, 9.17) is 4.74 Å². The average Bonchev–Trinajstić information content (AvgIpc) is 3.16. The maximum absolute atomic E-state index is 12.5. The van der Waals surface area contributed by atoms with Gasteiger partial charge in [-0.05, 0) is 25.1 Å². The van der Waals surface area contributed by atoms with Crippen molar-refractivity contribution in [3.8, 4) is 5.69 Å². The molecule has 0 radical (unpaired) electrons. The molecule has 1 aliphatic rings. The second-order valence-electron chi connectivity index (χ2n) is 5.79. The molecule has 1 fully saturated rings. The number of carbonyl (C=O) groups excluding carboxylic acids is 1. The summed E-state index contributed by atoms with van der Waals surface area (Å²) in [5.74, 6) is -0.107. The van der Waals surface area contributed by atoms with Gasteiger partial charge < -0.3 is 10.1 Å². The summed E-state index contributed by atoms with van der Waals surface area (Å²) >= 11 is 0. The molecule has 1 saturated heterocycles. The van der Waals surface area contributed by atoms with Crippen LogP contribution in [-0.2, 0) is 4.74 Å². The normalized spacial score (nSPS) is 18.5. The Bertz CT molecular complexity index is 659. The number of aromatic nitrogens is 3. The third-order valence-corrected chi connectivity index (χ3v) is 4.24. The van der Waals surface area contributed by atoms with Gasteiger partial charge in [0.2, 0.25) is 0 Å². The Morgan fingerprint density at radius 1 is 1.42 bits per heavy atom. The molecule has 0 saturated carbocycles. The van der Waals surface area contributed by atoms with Crippen LogP contribution in [0, 0.1) is 0 Å². The lowest BCUT2D eigenvalue weighted by atomic mass is 10.1. The standard InChI is InChI=1S/C17H23N5O2/c1-2-21-9-10-24-14(11-21)7-8-19-17(23)15-5-3-4-6-16(15)22-13-18-12-20-22/h3-6,12-14H,2,7-11H2,1H3,(H,19,23). The fourth-order valence-electron chi connectivity index (χ4n) is 2.88. The first-order valence-electron chi connectivity index (χ1n) is 8.34. The Morgan fingerprint density at radius 2 is 2.29 bits per heavy atom.